The molecule has 2 aliphatic rings. The molecular weight excluding hydrogens is 386 g/mol. The van der Waals surface area contributed by atoms with Crippen molar-refractivity contribution in [3.63, 3.8) is 0 Å². The van der Waals surface area contributed by atoms with Crippen molar-refractivity contribution in [2.75, 3.05) is 39.8 Å². The average Bonchev–Trinajstić information content (AvgIpc) is 3.00. The lowest BCUT2D eigenvalue weighted by Gasteiger charge is -2.28. The first-order chi connectivity index (χ1) is 13.9. The molecule has 0 saturated carbocycles. The van der Waals surface area contributed by atoms with E-state index in [1.54, 1.807) is 29.4 Å². The summed E-state index contributed by atoms with van der Waals surface area (Å²) in [5, 5.41) is 2.98. The molecule has 0 aromatic heterocycles. The molecule has 2 heterocycles. The van der Waals surface area contributed by atoms with E-state index in [0.717, 1.165) is 45.2 Å². The second kappa shape index (κ2) is 10.0. The lowest BCUT2D eigenvalue weighted by Crippen LogP contribution is -2.33. The van der Waals surface area contributed by atoms with Gasteiger partial charge in [0, 0.05) is 25.2 Å². The minimum absolute atomic E-state index is 0.190. The van der Waals surface area contributed by atoms with Crippen molar-refractivity contribution in [3.05, 3.63) is 29.3 Å². The van der Waals surface area contributed by atoms with Gasteiger partial charge < -0.3 is 10.2 Å². The van der Waals surface area contributed by atoms with E-state index in [1.807, 2.05) is 0 Å². The third-order valence-corrected chi connectivity index (χ3v) is 8.35. The predicted octanol–water partition coefficient (Wildman–Crippen LogP) is 3.02. The van der Waals surface area contributed by atoms with Gasteiger partial charge in [0.15, 0.2) is 0 Å². The Morgan fingerprint density at radius 3 is 2.38 bits per heavy atom. The van der Waals surface area contributed by atoms with Crippen LogP contribution in [0.4, 0.5) is 0 Å². The first-order valence-electron chi connectivity index (χ1n) is 11.0. The van der Waals surface area contributed by atoms with Gasteiger partial charge in [-0.2, -0.15) is 4.31 Å². The van der Waals surface area contributed by atoms with Crippen molar-refractivity contribution in [3.8, 4) is 0 Å². The van der Waals surface area contributed by atoms with Gasteiger partial charge >= 0.3 is 0 Å². The van der Waals surface area contributed by atoms with Crippen LogP contribution < -0.4 is 5.32 Å². The van der Waals surface area contributed by atoms with Crippen molar-refractivity contribution in [2.45, 2.75) is 56.8 Å². The Hall–Kier alpha value is -1.44. The molecule has 0 unspecified atom stereocenters. The molecule has 2 aliphatic heterocycles. The highest BCUT2D eigenvalue weighted by Gasteiger charge is 2.27. The van der Waals surface area contributed by atoms with Gasteiger partial charge in [-0.3, -0.25) is 4.79 Å². The molecule has 2 fully saturated rings. The minimum atomic E-state index is -3.57. The van der Waals surface area contributed by atoms with Crippen LogP contribution in [0.3, 0.4) is 0 Å². The third-order valence-electron chi connectivity index (χ3n) is 6.31. The highest BCUT2D eigenvalue weighted by Crippen LogP contribution is 2.24. The van der Waals surface area contributed by atoms with E-state index in [2.05, 4.69) is 17.3 Å². The topological polar surface area (TPSA) is 69.7 Å². The highest BCUT2D eigenvalue weighted by molar-refractivity contribution is 7.89. The van der Waals surface area contributed by atoms with E-state index in [0.29, 0.717) is 36.7 Å². The Kier molecular flexibility index (Phi) is 7.71. The number of nitrogens with one attached hydrogen (secondary N) is 1. The SMILES string of the molecule is Cc1ccc(C(=O)NCCC2CCN(C)CC2)cc1S(=O)(=O)N1CCCCCC1. The van der Waals surface area contributed by atoms with Crippen LogP contribution in [0.2, 0.25) is 0 Å². The zero-order valence-electron chi connectivity index (χ0n) is 17.8. The maximum Gasteiger partial charge on any atom is 0.251 e. The summed E-state index contributed by atoms with van der Waals surface area (Å²) in [6.07, 6.45) is 7.27. The fourth-order valence-electron chi connectivity index (χ4n) is 4.28. The zero-order valence-corrected chi connectivity index (χ0v) is 18.6. The highest BCUT2D eigenvalue weighted by atomic mass is 32.2. The van der Waals surface area contributed by atoms with E-state index in [1.165, 1.54) is 12.8 Å². The maximum atomic E-state index is 13.2. The molecule has 0 atom stereocenters. The summed E-state index contributed by atoms with van der Waals surface area (Å²) in [4.78, 5) is 15.2. The number of nitrogens with zero attached hydrogens (tertiary/aromatic N) is 2. The van der Waals surface area contributed by atoms with Crippen molar-refractivity contribution >= 4 is 15.9 Å². The van der Waals surface area contributed by atoms with Gasteiger partial charge in [0.1, 0.15) is 0 Å². The van der Waals surface area contributed by atoms with Gasteiger partial charge in [-0.25, -0.2) is 8.42 Å². The van der Waals surface area contributed by atoms with Crippen molar-refractivity contribution < 1.29 is 13.2 Å². The average molecular weight is 422 g/mol. The van der Waals surface area contributed by atoms with Crippen LogP contribution in [0, 0.1) is 12.8 Å². The van der Waals surface area contributed by atoms with E-state index >= 15 is 0 Å². The van der Waals surface area contributed by atoms with E-state index in [9.17, 15) is 13.2 Å². The van der Waals surface area contributed by atoms with Gasteiger partial charge in [-0.05, 0) is 82.8 Å². The van der Waals surface area contributed by atoms with Crippen LogP contribution in [0.1, 0.15) is 60.9 Å². The zero-order chi connectivity index (χ0) is 20.9. The van der Waals surface area contributed by atoms with Crippen molar-refractivity contribution in [1.82, 2.24) is 14.5 Å². The largest absolute Gasteiger partial charge is 0.352 e. The van der Waals surface area contributed by atoms with Crippen molar-refractivity contribution in [1.29, 1.82) is 0 Å². The van der Waals surface area contributed by atoms with Gasteiger partial charge in [-0.1, -0.05) is 18.9 Å². The number of carbonyl (C=O) groups is 1. The summed E-state index contributed by atoms with van der Waals surface area (Å²) >= 11 is 0. The molecule has 162 valence electrons. The van der Waals surface area contributed by atoms with Crippen LogP contribution in [0.5, 0.6) is 0 Å². The van der Waals surface area contributed by atoms with Crippen LogP contribution in [0.15, 0.2) is 23.1 Å². The summed E-state index contributed by atoms with van der Waals surface area (Å²) in [7, 11) is -1.42. The van der Waals surface area contributed by atoms with E-state index in [4.69, 9.17) is 0 Å². The molecular formula is C22H35N3O3S. The lowest BCUT2D eigenvalue weighted by atomic mass is 9.94. The number of carbonyl (C=O) groups excluding carboxylic acids is 1. The molecule has 1 aromatic rings. The Morgan fingerprint density at radius 1 is 1.07 bits per heavy atom. The molecule has 29 heavy (non-hydrogen) atoms. The quantitative estimate of drug-likeness (QED) is 0.767. The molecule has 0 radical (unpaired) electrons. The number of hydrogen-bond acceptors (Lipinski definition) is 4. The molecule has 0 spiro atoms. The number of rotatable bonds is 6. The Morgan fingerprint density at radius 2 is 1.72 bits per heavy atom. The number of benzene rings is 1. The molecule has 0 bridgehead atoms. The van der Waals surface area contributed by atoms with Crippen LogP contribution in [-0.4, -0.2) is 63.3 Å². The summed E-state index contributed by atoms with van der Waals surface area (Å²) < 4.78 is 27.9. The monoisotopic (exact) mass is 421 g/mol. The Bertz CT molecular complexity index is 794. The number of amides is 1. The number of likely N-dealkylation sites (tertiary alicyclic amines) is 1. The second-order valence-corrected chi connectivity index (χ2v) is 10.5. The van der Waals surface area contributed by atoms with Gasteiger partial charge in [0.05, 0.1) is 4.90 Å². The summed E-state index contributed by atoms with van der Waals surface area (Å²) in [6, 6.07) is 5.03. The van der Waals surface area contributed by atoms with Gasteiger partial charge in [0.25, 0.3) is 5.91 Å². The normalized spacial score (nSPS) is 20.3. The molecule has 6 nitrogen and oxygen atoms in total. The lowest BCUT2D eigenvalue weighted by molar-refractivity contribution is 0.0948. The molecule has 0 aliphatic carbocycles. The summed E-state index contributed by atoms with van der Waals surface area (Å²) in [6.45, 7) is 5.80. The first kappa shape index (κ1) is 22.2. The maximum absolute atomic E-state index is 13.2. The molecule has 2 saturated heterocycles. The fraction of sp³-hybridized carbons (Fsp3) is 0.682. The Balaban J connectivity index is 1.64. The molecule has 3 rings (SSSR count). The van der Waals surface area contributed by atoms with Crippen LogP contribution >= 0.6 is 0 Å². The van der Waals surface area contributed by atoms with Crippen LogP contribution in [0.25, 0.3) is 0 Å². The first-order valence-corrected chi connectivity index (χ1v) is 12.4. The van der Waals surface area contributed by atoms with Crippen LogP contribution in [-0.2, 0) is 10.0 Å². The number of piperidine rings is 1. The second-order valence-electron chi connectivity index (χ2n) is 8.59. The van der Waals surface area contributed by atoms with Crippen molar-refractivity contribution in [2.24, 2.45) is 5.92 Å². The molecule has 1 amide bonds. The minimum Gasteiger partial charge on any atom is -0.352 e. The number of aryl methyl sites for hydroxylation is 1. The summed E-state index contributed by atoms with van der Waals surface area (Å²) in [5.74, 6) is 0.466. The molecule has 1 aromatic carbocycles. The van der Waals surface area contributed by atoms with Gasteiger partial charge in [-0.15, -0.1) is 0 Å². The third kappa shape index (κ3) is 5.80. The standard InChI is InChI=1S/C22H35N3O3S/c1-18-7-8-20(22(26)23-12-9-19-10-15-24(2)16-11-19)17-21(18)29(27,28)25-13-5-3-4-6-14-25/h7-8,17,19H,3-6,9-16H2,1-2H3,(H,23,26). The fourth-order valence-corrected chi connectivity index (χ4v) is 6.05. The number of hydrogen-bond donors (Lipinski definition) is 1. The Labute approximate surface area is 175 Å². The van der Waals surface area contributed by atoms with E-state index < -0.39 is 10.0 Å². The summed E-state index contributed by atoms with van der Waals surface area (Å²) in [5.41, 5.74) is 1.12. The van der Waals surface area contributed by atoms with Gasteiger partial charge in [0.2, 0.25) is 10.0 Å². The smallest absolute Gasteiger partial charge is 0.251 e. The molecule has 1 N–H and O–H groups in total. The van der Waals surface area contributed by atoms with E-state index in [-0.39, 0.29) is 10.8 Å². The predicted molar refractivity (Wildman–Crippen MR) is 116 cm³/mol. The number of sulfonamides is 1. The molecule has 7 heteroatoms.